The van der Waals surface area contributed by atoms with Gasteiger partial charge in [-0.25, -0.2) is 0 Å². The van der Waals surface area contributed by atoms with E-state index in [9.17, 15) is 0 Å². The second-order valence-corrected chi connectivity index (χ2v) is 5.18. The lowest BCUT2D eigenvalue weighted by molar-refractivity contribution is 0.227. The Morgan fingerprint density at radius 3 is 2.06 bits per heavy atom. The molecule has 1 heteroatoms. The molecule has 1 nitrogen and oxygen atoms in total. The summed E-state index contributed by atoms with van der Waals surface area (Å²) in [4.78, 5) is 2.52. The lowest BCUT2D eigenvalue weighted by Gasteiger charge is -2.18. The Kier molecular flexibility index (Phi) is 5.20. The van der Waals surface area contributed by atoms with E-state index in [4.69, 9.17) is 0 Å². The zero-order valence-electron chi connectivity index (χ0n) is 12.2. The highest BCUT2D eigenvalue weighted by Gasteiger charge is 2.21. The van der Waals surface area contributed by atoms with Crippen LogP contribution < -0.4 is 0 Å². The fourth-order valence-corrected chi connectivity index (χ4v) is 2.17. The molecule has 1 aliphatic heterocycles. The molecule has 0 saturated heterocycles. The number of hydrogen-bond donors (Lipinski definition) is 0. The molecule has 0 bridgehead atoms. The summed E-state index contributed by atoms with van der Waals surface area (Å²) < 4.78 is 0. The monoisotopic (exact) mass is 233 g/mol. The van der Waals surface area contributed by atoms with E-state index in [1.54, 1.807) is 0 Å². The van der Waals surface area contributed by atoms with E-state index in [-0.39, 0.29) is 0 Å². The number of hydrogen-bond acceptors (Lipinski definition) is 1. The molecule has 1 aromatic rings. The van der Waals surface area contributed by atoms with Crippen LogP contribution in [0.5, 0.6) is 0 Å². The molecular weight excluding hydrogens is 206 g/mol. The van der Waals surface area contributed by atoms with Gasteiger partial charge in [-0.05, 0) is 36.5 Å². The molecular formula is C16H27N. The molecule has 0 atom stereocenters. The van der Waals surface area contributed by atoms with Gasteiger partial charge in [-0.2, -0.15) is 0 Å². The Balaban J connectivity index is 0.000000686. The standard InChI is InChI=1S/C14H21N.C2H6/c1-10(2)12-5-6-13-8-15(11(3)4)9-14(13)7-12;1-2/h5-7,10-11H,8-9H2,1-4H3;1-2H3. The number of fused-ring (bicyclic) bond motifs is 1. The first-order chi connectivity index (χ1) is 8.08. The van der Waals surface area contributed by atoms with Gasteiger partial charge in [0.25, 0.3) is 0 Å². The van der Waals surface area contributed by atoms with Crippen LogP contribution in [0.4, 0.5) is 0 Å². The first kappa shape index (κ1) is 14.2. The van der Waals surface area contributed by atoms with E-state index < -0.39 is 0 Å². The Bertz CT molecular complexity index is 353. The maximum Gasteiger partial charge on any atom is 0.0243 e. The minimum atomic E-state index is 0.642. The van der Waals surface area contributed by atoms with Crippen LogP contribution in [0.3, 0.4) is 0 Å². The van der Waals surface area contributed by atoms with Gasteiger partial charge in [0.1, 0.15) is 0 Å². The van der Waals surface area contributed by atoms with E-state index in [1.165, 1.54) is 16.7 Å². The largest absolute Gasteiger partial charge is 0.292 e. The van der Waals surface area contributed by atoms with Crippen LogP contribution in [0.1, 0.15) is 64.2 Å². The van der Waals surface area contributed by atoms with Crippen LogP contribution in [0.15, 0.2) is 18.2 Å². The first-order valence-corrected chi connectivity index (χ1v) is 6.93. The highest BCUT2D eigenvalue weighted by molar-refractivity contribution is 5.36. The summed E-state index contributed by atoms with van der Waals surface area (Å²) in [6.07, 6.45) is 0. The summed E-state index contributed by atoms with van der Waals surface area (Å²) in [5.41, 5.74) is 4.53. The lowest BCUT2D eigenvalue weighted by Crippen LogP contribution is -2.24. The van der Waals surface area contributed by atoms with Gasteiger partial charge in [-0.15, -0.1) is 0 Å². The fraction of sp³-hybridized carbons (Fsp3) is 0.625. The molecule has 2 rings (SSSR count). The van der Waals surface area contributed by atoms with Gasteiger partial charge in [0, 0.05) is 19.1 Å². The molecule has 96 valence electrons. The van der Waals surface area contributed by atoms with Crippen LogP contribution in [0.2, 0.25) is 0 Å². The predicted molar refractivity (Wildman–Crippen MR) is 76.3 cm³/mol. The molecule has 1 aliphatic rings. The van der Waals surface area contributed by atoms with Crippen LogP contribution >= 0.6 is 0 Å². The summed E-state index contributed by atoms with van der Waals surface area (Å²) in [5, 5.41) is 0. The SMILES string of the molecule is CC.CC(C)c1ccc2c(c1)CN(C(C)C)C2. The first-order valence-electron chi connectivity index (χ1n) is 6.93. The van der Waals surface area contributed by atoms with Crippen LogP contribution in [-0.4, -0.2) is 10.9 Å². The van der Waals surface area contributed by atoms with Crippen LogP contribution in [0.25, 0.3) is 0 Å². The molecule has 0 aromatic heterocycles. The topological polar surface area (TPSA) is 3.24 Å². The minimum Gasteiger partial charge on any atom is -0.292 e. The molecule has 1 aromatic carbocycles. The van der Waals surface area contributed by atoms with Crippen LogP contribution in [0, 0.1) is 0 Å². The molecule has 17 heavy (non-hydrogen) atoms. The van der Waals surface area contributed by atoms with Gasteiger partial charge in [0.15, 0.2) is 0 Å². The summed E-state index contributed by atoms with van der Waals surface area (Å²) in [5.74, 6) is 0.642. The molecule has 0 aliphatic carbocycles. The summed E-state index contributed by atoms with van der Waals surface area (Å²) in [6.45, 7) is 15.3. The minimum absolute atomic E-state index is 0.642. The lowest BCUT2D eigenvalue weighted by atomic mass is 9.99. The number of nitrogens with zero attached hydrogens (tertiary/aromatic N) is 1. The summed E-state index contributed by atoms with van der Waals surface area (Å²) >= 11 is 0. The fourth-order valence-electron chi connectivity index (χ4n) is 2.17. The average molecular weight is 233 g/mol. The van der Waals surface area contributed by atoms with E-state index in [2.05, 4.69) is 50.8 Å². The normalized spacial score (nSPS) is 14.8. The Morgan fingerprint density at radius 1 is 0.941 bits per heavy atom. The zero-order valence-corrected chi connectivity index (χ0v) is 12.2. The molecule has 1 heterocycles. The summed E-state index contributed by atoms with van der Waals surface area (Å²) in [6, 6.07) is 7.64. The van der Waals surface area contributed by atoms with E-state index >= 15 is 0 Å². The smallest absolute Gasteiger partial charge is 0.0243 e. The van der Waals surface area contributed by atoms with Gasteiger partial charge in [-0.1, -0.05) is 45.9 Å². The van der Waals surface area contributed by atoms with Crippen molar-refractivity contribution in [1.82, 2.24) is 4.90 Å². The van der Waals surface area contributed by atoms with Crippen molar-refractivity contribution >= 4 is 0 Å². The van der Waals surface area contributed by atoms with Crippen molar-refractivity contribution in [2.45, 2.75) is 66.6 Å². The quantitative estimate of drug-likeness (QED) is 0.724. The van der Waals surface area contributed by atoms with Crippen molar-refractivity contribution in [3.63, 3.8) is 0 Å². The maximum atomic E-state index is 2.52. The van der Waals surface area contributed by atoms with Crippen molar-refractivity contribution in [2.75, 3.05) is 0 Å². The Labute approximate surface area is 107 Å². The van der Waals surface area contributed by atoms with Crippen molar-refractivity contribution < 1.29 is 0 Å². The van der Waals surface area contributed by atoms with E-state index in [0.29, 0.717) is 12.0 Å². The van der Waals surface area contributed by atoms with Crippen molar-refractivity contribution in [3.05, 3.63) is 34.9 Å². The second-order valence-electron chi connectivity index (χ2n) is 5.18. The summed E-state index contributed by atoms with van der Waals surface area (Å²) in [7, 11) is 0. The van der Waals surface area contributed by atoms with Gasteiger partial charge in [0.05, 0.1) is 0 Å². The van der Waals surface area contributed by atoms with Crippen molar-refractivity contribution in [3.8, 4) is 0 Å². The molecule has 0 unspecified atom stereocenters. The van der Waals surface area contributed by atoms with Gasteiger partial charge >= 0.3 is 0 Å². The van der Waals surface area contributed by atoms with Gasteiger partial charge in [0.2, 0.25) is 0 Å². The van der Waals surface area contributed by atoms with E-state index in [0.717, 1.165) is 13.1 Å². The van der Waals surface area contributed by atoms with E-state index in [1.807, 2.05) is 13.8 Å². The molecule has 0 N–H and O–H groups in total. The van der Waals surface area contributed by atoms with Crippen LogP contribution in [-0.2, 0) is 13.1 Å². The maximum absolute atomic E-state index is 2.52. The van der Waals surface area contributed by atoms with Gasteiger partial charge in [-0.3, -0.25) is 4.90 Å². The average Bonchev–Trinajstić information content (AvgIpc) is 2.74. The van der Waals surface area contributed by atoms with Gasteiger partial charge < -0.3 is 0 Å². The number of benzene rings is 1. The Morgan fingerprint density at radius 2 is 1.53 bits per heavy atom. The molecule has 0 radical (unpaired) electrons. The van der Waals surface area contributed by atoms with Crippen molar-refractivity contribution in [1.29, 1.82) is 0 Å². The molecule has 0 fully saturated rings. The third-order valence-corrected chi connectivity index (χ3v) is 3.37. The molecule has 0 saturated carbocycles. The highest BCUT2D eigenvalue weighted by Crippen LogP contribution is 2.27. The van der Waals surface area contributed by atoms with Crippen molar-refractivity contribution in [2.24, 2.45) is 0 Å². The molecule has 0 amide bonds. The highest BCUT2D eigenvalue weighted by atomic mass is 15.2. The Hall–Kier alpha value is -0.820. The third-order valence-electron chi connectivity index (χ3n) is 3.37. The second kappa shape index (κ2) is 6.20. The third kappa shape index (κ3) is 3.32. The number of rotatable bonds is 2. The predicted octanol–water partition coefficient (Wildman–Crippen LogP) is 4.56. The molecule has 0 spiro atoms. The zero-order chi connectivity index (χ0) is 13.0.